The summed E-state index contributed by atoms with van der Waals surface area (Å²) in [5.41, 5.74) is 2.48. The van der Waals surface area contributed by atoms with Crippen LogP contribution in [0.5, 0.6) is 0 Å². The molecule has 9 unspecified atom stereocenters. The molecule has 5 aliphatic rings. The molecule has 3 nitrogen and oxygen atoms in total. The molecule has 36 heavy (non-hydrogen) atoms. The molecule has 9 atom stereocenters. The lowest BCUT2D eigenvalue weighted by molar-refractivity contribution is -0.149. The van der Waals surface area contributed by atoms with Crippen molar-refractivity contribution in [3.63, 3.8) is 0 Å². The van der Waals surface area contributed by atoms with E-state index in [1.54, 1.807) is 11.6 Å². The fraction of sp³-hybridized carbons (Fsp3) is 0.844. The molecule has 0 saturated heterocycles. The molecular weight excluding hydrogens is 460 g/mol. The summed E-state index contributed by atoms with van der Waals surface area (Å²) in [6.07, 6.45) is 18.0. The lowest BCUT2D eigenvalue weighted by Crippen LogP contribution is -2.52. The van der Waals surface area contributed by atoms with Gasteiger partial charge in [0, 0.05) is 18.6 Å². The summed E-state index contributed by atoms with van der Waals surface area (Å²) < 4.78 is 12.7. The van der Waals surface area contributed by atoms with Crippen molar-refractivity contribution in [2.75, 3.05) is 0 Å². The van der Waals surface area contributed by atoms with Crippen molar-refractivity contribution < 1.29 is 14.0 Å². The number of esters is 1. The van der Waals surface area contributed by atoms with Gasteiger partial charge in [-0.1, -0.05) is 59.3 Å². The van der Waals surface area contributed by atoms with Gasteiger partial charge in [-0.15, -0.1) is 0 Å². The van der Waals surface area contributed by atoms with Gasteiger partial charge in [-0.3, -0.25) is 0 Å². The standard InChI is InChI=1S/C32H52O3Si/c1-21(28-10-9-11-29(33)34-28)25-14-15-26-24-13-12-22-20-23(35-36(7,8)30(2,3)4)16-18-31(22,5)27(24)17-19-32(25,26)6/h9,11-12,21,23-28H,10,13-20H2,1-8H3. The fourth-order valence-electron chi connectivity index (χ4n) is 9.34. The lowest BCUT2D eigenvalue weighted by atomic mass is 9.47. The van der Waals surface area contributed by atoms with Crippen LogP contribution >= 0.6 is 0 Å². The molecule has 3 saturated carbocycles. The summed E-state index contributed by atoms with van der Waals surface area (Å²) in [4.78, 5) is 11.9. The minimum Gasteiger partial charge on any atom is -0.459 e. The molecule has 0 aromatic heterocycles. The van der Waals surface area contributed by atoms with E-state index in [2.05, 4.69) is 60.7 Å². The van der Waals surface area contributed by atoms with Crippen molar-refractivity contribution >= 4 is 14.3 Å². The number of allylic oxidation sites excluding steroid dienone is 1. The van der Waals surface area contributed by atoms with Crippen molar-refractivity contribution in [3.8, 4) is 0 Å². The molecule has 0 amide bonds. The van der Waals surface area contributed by atoms with E-state index in [1.807, 2.05) is 6.08 Å². The third-order valence-electron chi connectivity index (χ3n) is 12.5. The van der Waals surface area contributed by atoms with Crippen molar-refractivity contribution in [3.05, 3.63) is 23.8 Å². The maximum absolute atomic E-state index is 11.9. The largest absolute Gasteiger partial charge is 0.459 e. The van der Waals surface area contributed by atoms with Crippen molar-refractivity contribution in [2.24, 2.45) is 40.4 Å². The number of cyclic esters (lactones) is 1. The highest BCUT2D eigenvalue weighted by Crippen LogP contribution is 2.67. The molecule has 202 valence electrons. The number of fused-ring (bicyclic) bond motifs is 5. The van der Waals surface area contributed by atoms with E-state index in [0.717, 1.165) is 30.6 Å². The second-order valence-electron chi connectivity index (χ2n) is 15.2. The molecule has 0 aromatic rings. The van der Waals surface area contributed by atoms with Crippen LogP contribution in [0.25, 0.3) is 0 Å². The van der Waals surface area contributed by atoms with Gasteiger partial charge in [0.2, 0.25) is 0 Å². The normalized spacial score (nSPS) is 43.7. The van der Waals surface area contributed by atoms with Gasteiger partial charge in [-0.25, -0.2) is 4.79 Å². The molecular formula is C32H52O3Si. The van der Waals surface area contributed by atoms with Gasteiger partial charge in [0.05, 0.1) is 0 Å². The summed E-state index contributed by atoms with van der Waals surface area (Å²) in [6, 6.07) is 0. The molecule has 5 rings (SSSR count). The number of carbonyl (C=O) groups excluding carboxylic acids is 1. The van der Waals surface area contributed by atoms with Gasteiger partial charge in [-0.2, -0.15) is 0 Å². The van der Waals surface area contributed by atoms with E-state index >= 15 is 0 Å². The number of rotatable bonds is 4. The number of ether oxygens (including phenoxy) is 1. The molecule has 0 N–H and O–H groups in total. The Kier molecular flexibility index (Phi) is 6.76. The van der Waals surface area contributed by atoms with Crippen molar-refractivity contribution in [1.29, 1.82) is 0 Å². The third kappa shape index (κ3) is 4.30. The van der Waals surface area contributed by atoms with Gasteiger partial charge in [-0.05, 0) is 110 Å². The topological polar surface area (TPSA) is 35.5 Å². The second kappa shape index (κ2) is 9.11. The number of hydrogen-bond acceptors (Lipinski definition) is 3. The van der Waals surface area contributed by atoms with Gasteiger partial charge >= 0.3 is 5.97 Å². The zero-order valence-corrected chi connectivity index (χ0v) is 25.4. The van der Waals surface area contributed by atoms with Gasteiger partial charge in [0.15, 0.2) is 8.32 Å². The van der Waals surface area contributed by atoms with Crippen LogP contribution in [-0.4, -0.2) is 26.5 Å². The summed E-state index contributed by atoms with van der Waals surface area (Å²) in [6.45, 7) is 19.5. The smallest absolute Gasteiger partial charge is 0.330 e. The van der Waals surface area contributed by atoms with E-state index in [1.165, 1.54) is 44.9 Å². The molecule has 1 heterocycles. The fourth-order valence-corrected chi connectivity index (χ4v) is 10.7. The minimum atomic E-state index is -1.74. The van der Waals surface area contributed by atoms with E-state index < -0.39 is 8.32 Å². The third-order valence-corrected chi connectivity index (χ3v) is 17.0. The molecule has 3 fully saturated rings. The maximum Gasteiger partial charge on any atom is 0.330 e. The molecule has 1 aliphatic heterocycles. The molecule has 0 spiro atoms. The Morgan fingerprint density at radius 3 is 2.50 bits per heavy atom. The molecule has 4 heteroatoms. The predicted molar refractivity (Wildman–Crippen MR) is 150 cm³/mol. The first kappa shape index (κ1) is 26.7. The zero-order valence-electron chi connectivity index (χ0n) is 24.4. The predicted octanol–water partition coefficient (Wildman–Crippen LogP) is 8.46. The first-order valence-electron chi connectivity index (χ1n) is 15.0. The van der Waals surface area contributed by atoms with Crippen LogP contribution in [0.4, 0.5) is 0 Å². The van der Waals surface area contributed by atoms with Crippen LogP contribution in [-0.2, 0) is 14.0 Å². The summed E-state index contributed by atoms with van der Waals surface area (Å²) in [5.74, 6) is 3.43. The van der Waals surface area contributed by atoms with E-state index in [4.69, 9.17) is 9.16 Å². The van der Waals surface area contributed by atoms with Crippen LogP contribution < -0.4 is 0 Å². The summed E-state index contributed by atoms with van der Waals surface area (Å²) in [5, 5.41) is 0.274. The zero-order chi connectivity index (χ0) is 26.1. The van der Waals surface area contributed by atoms with Crippen molar-refractivity contribution in [1.82, 2.24) is 0 Å². The molecule has 0 aromatic carbocycles. The minimum absolute atomic E-state index is 0.0624. The monoisotopic (exact) mass is 512 g/mol. The van der Waals surface area contributed by atoms with Gasteiger partial charge in [0.1, 0.15) is 6.10 Å². The highest BCUT2D eigenvalue weighted by atomic mass is 28.4. The Hall–Kier alpha value is -0.873. The highest BCUT2D eigenvalue weighted by Gasteiger charge is 2.60. The van der Waals surface area contributed by atoms with Gasteiger partial charge < -0.3 is 9.16 Å². The second-order valence-corrected chi connectivity index (χ2v) is 20.0. The first-order chi connectivity index (χ1) is 16.8. The molecule has 4 aliphatic carbocycles. The van der Waals surface area contributed by atoms with E-state index in [-0.39, 0.29) is 17.1 Å². The number of hydrogen-bond donors (Lipinski definition) is 0. The Balaban J connectivity index is 1.31. The Bertz CT molecular complexity index is 928. The maximum atomic E-state index is 11.9. The molecule has 0 bridgehead atoms. The average molecular weight is 513 g/mol. The average Bonchev–Trinajstić information content (AvgIpc) is 3.15. The van der Waals surface area contributed by atoms with Crippen LogP contribution in [0, 0.1) is 40.4 Å². The Labute approximate surface area is 222 Å². The van der Waals surface area contributed by atoms with Gasteiger partial charge in [0.25, 0.3) is 0 Å². The van der Waals surface area contributed by atoms with E-state index in [9.17, 15) is 4.79 Å². The van der Waals surface area contributed by atoms with Crippen LogP contribution in [0.2, 0.25) is 18.1 Å². The first-order valence-corrected chi connectivity index (χ1v) is 17.9. The van der Waals surface area contributed by atoms with Crippen molar-refractivity contribution in [2.45, 2.75) is 130 Å². The lowest BCUT2D eigenvalue weighted by Gasteiger charge is -2.59. The van der Waals surface area contributed by atoms with E-state index in [0.29, 0.717) is 28.8 Å². The molecule has 0 radical (unpaired) electrons. The van der Waals surface area contributed by atoms with Crippen LogP contribution in [0.3, 0.4) is 0 Å². The Morgan fingerprint density at radius 2 is 1.81 bits per heavy atom. The quantitative estimate of drug-likeness (QED) is 0.215. The van der Waals surface area contributed by atoms with Crippen LogP contribution in [0.15, 0.2) is 23.8 Å². The SMILES string of the molecule is CC(C1CC=CC(=O)O1)C1CCC2C3CC=C4CC(O[Si](C)(C)C(C)(C)C)CCC4(C)C3CCC12C. The summed E-state index contributed by atoms with van der Waals surface area (Å²) >= 11 is 0. The number of carbonyl (C=O) groups is 1. The van der Waals surface area contributed by atoms with Crippen LogP contribution in [0.1, 0.15) is 99.3 Å². The Morgan fingerprint density at radius 1 is 1.06 bits per heavy atom. The summed E-state index contributed by atoms with van der Waals surface area (Å²) in [7, 11) is -1.74. The highest BCUT2D eigenvalue weighted by molar-refractivity contribution is 6.74.